The van der Waals surface area contributed by atoms with Crippen molar-refractivity contribution >= 4 is 21.7 Å². The number of aromatic nitrogens is 1. The summed E-state index contributed by atoms with van der Waals surface area (Å²) in [4.78, 5) is 15.6. The summed E-state index contributed by atoms with van der Waals surface area (Å²) in [7, 11) is 0. The van der Waals surface area contributed by atoms with Crippen LogP contribution in [0.3, 0.4) is 0 Å². The van der Waals surface area contributed by atoms with Crippen LogP contribution in [0, 0.1) is 0 Å². The first-order valence-electron chi connectivity index (χ1n) is 5.05. The normalized spacial score (nSPS) is 10.3. The summed E-state index contributed by atoms with van der Waals surface area (Å²) in [6.07, 6.45) is 2.72. The number of nitrogens with zero attached hydrogens (tertiary/aromatic N) is 1. The van der Waals surface area contributed by atoms with Crippen LogP contribution in [0.5, 0.6) is 0 Å². The Bertz CT molecular complexity index is 311. The van der Waals surface area contributed by atoms with E-state index >= 15 is 0 Å². The van der Waals surface area contributed by atoms with Gasteiger partial charge >= 0.3 is 0 Å². The number of carbonyl (C=O) groups is 1. The van der Waals surface area contributed by atoms with E-state index in [1.54, 1.807) is 6.20 Å². The molecule has 3 nitrogen and oxygen atoms in total. The predicted octanol–water partition coefficient (Wildman–Crippen LogP) is 1.96. The minimum Gasteiger partial charge on any atom is -0.317 e. The van der Waals surface area contributed by atoms with Crippen molar-refractivity contribution in [2.75, 3.05) is 13.1 Å². The Morgan fingerprint density at radius 1 is 1.53 bits per heavy atom. The van der Waals surface area contributed by atoms with Crippen LogP contribution < -0.4 is 5.32 Å². The van der Waals surface area contributed by atoms with Crippen LogP contribution in [-0.4, -0.2) is 23.9 Å². The third-order valence-electron chi connectivity index (χ3n) is 2.00. The molecule has 82 valence electrons. The van der Waals surface area contributed by atoms with Crippen LogP contribution >= 0.6 is 15.9 Å². The van der Waals surface area contributed by atoms with Crippen molar-refractivity contribution in [3.05, 3.63) is 28.5 Å². The molecule has 15 heavy (non-hydrogen) atoms. The van der Waals surface area contributed by atoms with Crippen molar-refractivity contribution in [1.29, 1.82) is 0 Å². The van der Waals surface area contributed by atoms with Crippen LogP contribution in [0.15, 0.2) is 22.8 Å². The number of ketones is 1. The largest absolute Gasteiger partial charge is 0.317 e. The summed E-state index contributed by atoms with van der Waals surface area (Å²) in [5.74, 6) is 0.228. The van der Waals surface area contributed by atoms with Crippen molar-refractivity contribution in [2.45, 2.75) is 19.8 Å². The molecule has 0 atom stereocenters. The van der Waals surface area contributed by atoms with Gasteiger partial charge in [0.2, 0.25) is 0 Å². The Labute approximate surface area is 98.4 Å². The molecule has 1 rings (SSSR count). The lowest BCUT2D eigenvalue weighted by atomic mass is 10.1. The molecule has 0 bridgehead atoms. The minimum absolute atomic E-state index is 0.228. The van der Waals surface area contributed by atoms with E-state index in [4.69, 9.17) is 0 Å². The molecular formula is C11H15BrN2O. The molecule has 0 fully saturated rings. The molecule has 0 aliphatic rings. The van der Waals surface area contributed by atoms with Gasteiger partial charge in [0.25, 0.3) is 0 Å². The number of hydrogen-bond donors (Lipinski definition) is 1. The van der Waals surface area contributed by atoms with Crippen molar-refractivity contribution in [3.8, 4) is 0 Å². The van der Waals surface area contributed by atoms with Gasteiger partial charge in [-0.2, -0.15) is 0 Å². The third kappa shape index (κ3) is 5.04. The summed E-state index contributed by atoms with van der Waals surface area (Å²) >= 11 is 3.31. The summed E-state index contributed by atoms with van der Waals surface area (Å²) < 4.78 is 0.936. The highest BCUT2D eigenvalue weighted by Crippen LogP contribution is 2.08. The van der Waals surface area contributed by atoms with E-state index in [-0.39, 0.29) is 5.78 Å². The molecule has 1 N–H and O–H groups in total. The number of carbonyl (C=O) groups excluding carboxylic acids is 1. The average Bonchev–Trinajstić information content (AvgIpc) is 2.22. The summed E-state index contributed by atoms with van der Waals surface area (Å²) in [5.41, 5.74) is 0.833. The molecule has 1 aromatic heterocycles. The third-order valence-corrected chi connectivity index (χ3v) is 2.47. The summed E-state index contributed by atoms with van der Waals surface area (Å²) in [6, 6.07) is 3.77. The van der Waals surface area contributed by atoms with Crippen LogP contribution in [0.1, 0.15) is 19.0 Å². The maximum Gasteiger partial charge on any atom is 0.140 e. The fourth-order valence-corrected chi connectivity index (χ4v) is 1.44. The Morgan fingerprint density at radius 3 is 2.93 bits per heavy atom. The first-order chi connectivity index (χ1) is 7.22. The number of pyridine rings is 1. The molecule has 1 heterocycles. The van der Waals surface area contributed by atoms with E-state index in [0.717, 1.165) is 23.3 Å². The smallest absolute Gasteiger partial charge is 0.140 e. The molecule has 0 radical (unpaired) electrons. The van der Waals surface area contributed by atoms with Gasteiger partial charge in [-0.25, -0.2) is 0 Å². The molecule has 0 aliphatic carbocycles. The number of nitrogens with one attached hydrogen (secondary N) is 1. The lowest BCUT2D eigenvalue weighted by Crippen LogP contribution is -2.18. The number of halogens is 1. The van der Waals surface area contributed by atoms with Crippen molar-refractivity contribution in [1.82, 2.24) is 10.3 Å². The van der Waals surface area contributed by atoms with E-state index in [1.807, 2.05) is 19.1 Å². The Kier molecular flexibility index (Phi) is 5.50. The van der Waals surface area contributed by atoms with Gasteiger partial charge in [0, 0.05) is 35.7 Å². The van der Waals surface area contributed by atoms with E-state index in [2.05, 4.69) is 26.2 Å². The fraction of sp³-hybridized carbons (Fsp3) is 0.455. The lowest BCUT2D eigenvalue weighted by Gasteiger charge is -2.01. The Morgan fingerprint density at radius 2 is 2.33 bits per heavy atom. The number of Topliss-reactive ketones (excluding diaryl/α,β-unsaturated/α-hetero) is 1. The SMILES string of the molecule is CCNCCC(=O)Cc1ccc(Br)cn1. The second-order valence-corrected chi connectivity index (χ2v) is 4.20. The summed E-state index contributed by atoms with van der Waals surface area (Å²) in [6.45, 7) is 3.69. The van der Waals surface area contributed by atoms with Gasteiger partial charge in [-0.05, 0) is 34.6 Å². The van der Waals surface area contributed by atoms with Crippen LogP contribution in [0.25, 0.3) is 0 Å². The number of rotatable bonds is 6. The molecular weight excluding hydrogens is 256 g/mol. The van der Waals surface area contributed by atoms with Crippen molar-refractivity contribution in [2.24, 2.45) is 0 Å². The molecule has 0 aromatic carbocycles. The molecule has 0 saturated heterocycles. The molecule has 1 aromatic rings. The van der Waals surface area contributed by atoms with Gasteiger partial charge in [-0.1, -0.05) is 6.92 Å². The van der Waals surface area contributed by atoms with Crippen molar-refractivity contribution in [3.63, 3.8) is 0 Å². The number of hydrogen-bond acceptors (Lipinski definition) is 3. The lowest BCUT2D eigenvalue weighted by molar-refractivity contribution is -0.118. The molecule has 0 saturated carbocycles. The molecule has 0 amide bonds. The van der Waals surface area contributed by atoms with Gasteiger partial charge < -0.3 is 5.32 Å². The second-order valence-electron chi connectivity index (χ2n) is 3.29. The standard InChI is InChI=1S/C11H15BrN2O/c1-2-13-6-5-11(15)7-10-4-3-9(12)8-14-10/h3-4,8,13H,2,5-7H2,1H3. The first-order valence-corrected chi connectivity index (χ1v) is 5.84. The maximum absolute atomic E-state index is 11.5. The van der Waals surface area contributed by atoms with Crippen LogP contribution in [0.2, 0.25) is 0 Å². The zero-order valence-electron chi connectivity index (χ0n) is 8.79. The van der Waals surface area contributed by atoms with Gasteiger partial charge in [0.1, 0.15) is 5.78 Å². The van der Waals surface area contributed by atoms with E-state index in [9.17, 15) is 4.79 Å². The average molecular weight is 271 g/mol. The zero-order valence-corrected chi connectivity index (χ0v) is 10.4. The van der Waals surface area contributed by atoms with Gasteiger partial charge in [0.15, 0.2) is 0 Å². The van der Waals surface area contributed by atoms with Gasteiger partial charge in [-0.3, -0.25) is 9.78 Å². The van der Waals surface area contributed by atoms with Crippen LogP contribution in [-0.2, 0) is 11.2 Å². The minimum atomic E-state index is 0.228. The molecule has 0 aliphatic heterocycles. The van der Waals surface area contributed by atoms with Crippen LogP contribution in [0.4, 0.5) is 0 Å². The highest BCUT2D eigenvalue weighted by atomic mass is 79.9. The Balaban J connectivity index is 2.34. The van der Waals surface area contributed by atoms with E-state index < -0.39 is 0 Å². The predicted molar refractivity (Wildman–Crippen MR) is 63.8 cm³/mol. The highest BCUT2D eigenvalue weighted by molar-refractivity contribution is 9.10. The second kappa shape index (κ2) is 6.69. The molecule has 4 heteroatoms. The van der Waals surface area contributed by atoms with E-state index in [1.165, 1.54) is 0 Å². The Hall–Kier alpha value is -0.740. The zero-order chi connectivity index (χ0) is 11.1. The first kappa shape index (κ1) is 12.3. The van der Waals surface area contributed by atoms with Crippen molar-refractivity contribution < 1.29 is 4.79 Å². The maximum atomic E-state index is 11.5. The fourth-order valence-electron chi connectivity index (χ4n) is 1.21. The van der Waals surface area contributed by atoms with Gasteiger partial charge in [-0.15, -0.1) is 0 Å². The molecule has 0 unspecified atom stereocenters. The van der Waals surface area contributed by atoms with E-state index in [0.29, 0.717) is 12.8 Å². The topological polar surface area (TPSA) is 42.0 Å². The van der Waals surface area contributed by atoms with Gasteiger partial charge in [0.05, 0.1) is 0 Å². The summed E-state index contributed by atoms with van der Waals surface area (Å²) in [5, 5.41) is 3.13. The quantitative estimate of drug-likeness (QED) is 0.804. The highest BCUT2D eigenvalue weighted by Gasteiger charge is 2.03. The molecule has 0 spiro atoms. The monoisotopic (exact) mass is 270 g/mol.